The zero-order valence-corrected chi connectivity index (χ0v) is 62.2. The predicted octanol–water partition coefficient (Wildman–Crippen LogP) is 11.0. The lowest BCUT2D eigenvalue weighted by Crippen LogP contribution is -2.56. The Morgan fingerprint density at radius 3 is 1.81 bits per heavy atom. The van der Waals surface area contributed by atoms with Crippen LogP contribution in [0.15, 0.2) is 140 Å². The van der Waals surface area contributed by atoms with Crippen LogP contribution in [0, 0.1) is 0 Å². The summed E-state index contributed by atoms with van der Waals surface area (Å²) < 4.78 is 24.4. The lowest BCUT2D eigenvalue weighted by atomic mass is 9.87. The number of ether oxygens (including phenoxy) is 4. The number of carbonyl (C=O) groups excluding carboxylic acids is 8. The minimum Gasteiger partial charge on any atom is -0.508 e. The van der Waals surface area contributed by atoms with Gasteiger partial charge in [0.1, 0.15) is 94.2 Å². The number of aliphatic hydroxyl groups is 1. The zero-order chi connectivity index (χ0) is 79.1. The average molecular weight is 1560 g/mol. The standard InChI is InChI=1S/C81H83Cl2N9O19/c1-5-6-7-8-9-10-11-15-26-84-39-51-57(96)37-50-63(71(51)98)49-31-42(19-22-55(49)94)64-76(103)91-69(79(106)90-68(50)74(101)85-38-40-16-13-12-14-17-40)70(97)44-21-25-59(53(83)32-44)110-62-35-46-34-61(72(62)99)109-58-24-18-41(27-52(58)82)28-54-73(100)87-66(77(104)89-67(46)78(105)88-64)45-29-47(93)36-48(30-45)108-60-33-43(20-23-56(60)95)65(75(102)86-54)92-80(107)111-81(2,3)4/h12-14,16-25,27,29-37,54,64-70,84,93-99H,5-11,15,26,28,38-39H2,1-4H3,(H,85,101)(H,86,102)(H,87,100)(H,88,105)(H,89,104)(H,90,106)(H,91,103)(H,92,107)/t54-,64-,65-,66-,67-,68-,69-,70?/m0/s1. The van der Waals surface area contributed by atoms with E-state index in [2.05, 4.69) is 54.8 Å². The molecular weight excluding hydrogens is 1470 g/mol. The summed E-state index contributed by atoms with van der Waals surface area (Å²) >= 11 is 14.0. The molecule has 0 saturated carbocycles. The van der Waals surface area contributed by atoms with Gasteiger partial charge in [0, 0.05) is 36.7 Å². The Balaban J connectivity index is 1.03. The molecule has 14 rings (SSSR count). The summed E-state index contributed by atoms with van der Waals surface area (Å²) in [5.41, 5.74) is -2.32. The lowest BCUT2D eigenvalue weighted by Gasteiger charge is -2.32. The van der Waals surface area contributed by atoms with Gasteiger partial charge in [-0.05, 0) is 157 Å². The molecule has 16 N–H and O–H groups in total. The number of phenolic OH excluding ortho intramolecular Hbond substituents is 6. The Bertz CT molecular complexity index is 4940. The summed E-state index contributed by atoms with van der Waals surface area (Å²) in [5.74, 6) is -14.1. The second-order valence-electron chi connectivity index (χ2n) is 28.5. The smallest absolute Gasteiger partial charge is 0.408 e. The number of benzene rings is 8. The molecule has 6 heterocycles. The number of carbonyl (C=O) groups is 8. The van der Waals surface area contributed by atoms with Crippen molar-refractivity contribution >= 4 is 70.6 Å². The van der Waals surface area contributed by atoms with Gasteiger partial charge in [0.15, 0.2) is 23.0 Å². The van der Waals surface area contributed by atoms with Crippen LogP contribution in [0.25, 0.3) is 11.1 Å². The van der Waals surface area contributed by atoms with Crippen molar-refractivity contribution in [2.24, 2.45) is 0 Å². The minimum absolute atomic E-state index is 0.00306. The first-order valence-corrected chi connectivity index (χ1v) is 36.9. The normalized spacial score (nSPS) is 19.7. The van der Waals surface area contributed by atoms with Gasteiger partial charge in [-0.25, -0.2) is 4.79 Å². The molecule has 0 saturated heterocycles. The van der Waals surface area contributed by atoms with Crippen LogP contribution in [0.1, 0.15) is 165 Å². The molecule has 8 aromatic rings. The van der Waals surface area contributed by atoms with Crippen LogP contribution < -0.4 is 62.1 Å². The number of aromatic hydroxyl groups is 6. The summed E-state index contributed by atoms with van der Waals surface area (Å²) in [5, 5.41) is 109. The number of amides is 8. The van der Waals surface area contributed by atoms with E-state index in [1.54, 1.807) is 51.1 Å². The van der Waals surface area contributed by atoms with Crippen molar-refractivity contribution in [1.82, 2.24) is 47.9 Å². The zero-order valence-electron chi connectivity index (χ0n) is 60.7. The van der Waals surface area contributed by atoms with Gasteiger partial charge in [0.2, 0.25) is 47.1 Å². The van der Waals surface area contributed by atoms with Gasteiger partial charge in [-0.3, -0.25) is 33.6 Å². The molecule has 0 aromatic heterocycles. The van der Waals surface area contributed by atoms with E-state index in [9.17, 15) is 45.3 Å². The number of hydrogen-bond acceptors (Lipinski definition) is 20. The first-order valence-electron chi connectivity index (χ1n) is 36.2. The highest BCUT2D eigenvalue weighted by Crippen LogP contribution is 2.49. The predicted molar refractivity (Wildman–Crippen MR) is 405 cm³/mol. The molecule has 8 aromatic carbocycles. The van der Waals surface area contributed by atoms with Crippen molar-refractivity contribution in [3.8, 4) is 80.1 Å². The number of aliphatic hydroxyl groups excluding tert-OH is 1. The quantitative estimate of drug-likeness (QED) is 0.0424. The number of nitrogens with one attached hydrogen (secondary N) is 9. The Kier molecular flexibility index (Phi) is 24.0. The van der Waals surface area contributed by atoms with Gasteiger partial charge >= 0.3 is 6.09 Å². The highest BCUT2D eigenvalue weighted by molar-refractivity contribution is 6.32. The van der Waals surface area contributed by atoms with Gasteiger partial charge in [-0.1, -0.05) is 130 Å². The number of rotatable bonds is 15. The van der Waals surface area contributed by atoms with Crippen molar-refractivity contribution in [3.63, 3.8) is 0 Å². The molecule has 0 aliphatic carbocycles. The van der Waals surface area contributed by atoms with E-state index < -0.39 is 154 Å². The highest BCUT2D eigenvalue weighted by Gasteiger charge is 2.42. The molecule has 111 heavy (non-hydrogen) atoms. The van der Waals surface area contributed by atoms with Crippen LogP contribution in [0.3, 0.4) is 0 Å². The van der Waals surface area contributed by atoms with E-state index in [0.29, 0.717) is 12.1 Å². The fourth-order valence-electron chi connectivity index (χ4n) is 13.5. The van der Waals surface area contributed by atoms with Crippen LogP contribution in [-0.2, 0) is 57.8 Å². The van der Waals surface area contributed by atoms with E-state index >= 15 is 28.8 Å². The second kappa shape index (κ2) is 33.9. The summed E-state index contributed by atoms with van der Waals surface area (Å²) in [6.45, 7) is 7.04. The van der Waals surface area contributed by atoms with Crippen molar-refractivity contribution in [2.75, 3.05) is 6.54 Å². The Morgan fingerprint density at radius 2 is 1.14 bits per heavy atom. The topological polar surface area (TPSA) is 423 Å². The SMILES string of the molecule is CCCCCCCCCCNCc1c(O)cc2c(c1O)-c1cc(ccc1O)[C@@H]1NC(=O)[C@H]3NC(=O)[C@H]4NC(=O)[C@H](Cc5ccc(c(Cl)c5)Oc5cc3cc(c5O)Oc3ccc(cc3Cl)C(O)[C@H](NC1=O)C(=O)N[C@@H]2C(=O)NCc1ccccc1)NC(=O)[C@@H](NC(=O)OC(C)(C)C)c1ccc(O)c(c1)Oc1cc(O)cc4c1. The fourth-order valence-corrected chi connectivity index (χ4v) is 14.0. The molecular formula is C81H83Cl2N9O19. The van der Waals surface area contributed by atoms with Crippen LogP contribution >= 0.6 is 23.2 Å². The number of phenols is 6. The van der Waals surface area contributed by atoms with Gasteiger partial charge in [-0.2, -0.15) is 0 Å². The first kappa shape index (κ1) is 78.6. The van der Waals surface area contributed by atoms with E-state index in [4.69, 9.17) is 42.1 Å². The van der Waals surface area contributed by atoms with E-state index in [0.717, 1.165) is 93.8 Å². The van der Waals surface area contributed by atoms with Gasteiger partial charge in [-0.15, -0.1) is 0 Å². The van der Waals surface area contributed by atoms with E-state index in [1.165, 1.54) is 66.7 Å². The van der Waals surface area contributed by atoms with Gasteiger partial charge in [0.05, 0.1) is 15.6 Å². The molecule has 30 heteroatoms. The molecule has 17 bridgehead atoms. The molecule has 580 valence electrons. The monoisotopic (exact) mass is 1560 g/mol. The third-order valence-corrected chi connectivity index (χ3v) is 19.8. The number of fused-ring (bicyclic) bond motifs is 14. The Labute approximate surface area is 647 Å². The van der Waals surface area contributed by atoms with Crippen molar-refractivity contribution < 1.29 is 93.0 Å². The Hall–Kier alpha value is -12.0. The molecule has 28 nitrogen and oxygen atoms in total. The van der Waals surface area contributed by atoms with Crippen LogP contribution in [0.2, 0.25) is 10.0 Å². The molecule has 1 unspecified atom stereocenters. The summed E-state index contributed by atoms with van der Waals surface area (Å²) in [7, 11) is 0. The second-order valence-corrected chi connectivity index (χ2v) is 29.3. The lowest BCUT2D eigenvalue weighted by molar-refractivity contribution is -0.137. The van der Waals surface area contributed by atoms with Crippen LogP contribution in [-0.4, -0.2) is 107 Å². The maximum Gasteiger partial charge on any atom is 0.408 e. The highest BCUT2D eigenvalue weighted by atomic mass is 35.5. The largest absolute Gasteiger partial charge is 0.508 e. The summed E-state index contributed by atoms with van der Waals surface area (Å²) in [6, 6.07) is 16.4. The van der Waals surface area contributed by atoms with Gasteiger partial charge in [0.25, 0.3) is 0 Å². The summed E-state index contributed by atoms with van der Waals surface area (Å²) in [6.07, 6.45) is 4.56. The van der Waals surface area contributed by atoms with E-state index in [1.807, 2.05) is 0 Å². The molecule has 8 atom stereocenters. The average Bonchev–Trinajstić information content (AvgIpc) is 0.747. The maximum atomic E-state index is 16.3. The fraction of sp³-hybridized carbons (Fsp3) is 0.309. The molecule has 8 amide bonds. The number of unbranched alkanes of at least 4 members (excludes halogenated alkanes) is 7. The van der Waals surface area contributed by atoms with Crippen LogP contribution in [0.4, 0.5) is 4.79 Å². The van der Waals surface area contributed by atoms with Crippen LogP contribution in [0.5, 0.6) is 69.0 Å². The summed E-state index contributed by atoms with van der Waals surface area (Å²) in [4.78, 5) is 123. The van der Waals surface area contributed by atoms with E-state index in [-0.39, 0.29) is 102 Å². The van der Waals surface area contributed by atoms with Crippen molar-refractivity contribution in [3.05, 3.63) is 200 Å². The first-order chi connectivity index (χ1) is 53.1. The van der Waals surface area contributed by atoms with Crippen molar-refractivity contribution in [1.29, 1.82) is 0 Å². The number of halogens is 2. The molecule has 6 aliphatic rings. The molecule has 6 aliphatic heterocycles. The maximum absolute atomic E-state index is 16.3. The minimum atomic E-state index is -2.22. The van der Waals surface area contributed by atoms with Crippen molar-refractivity contribution in [2.45, 2.75) is 153 Å². The molecule has 0 radical (unpaired) electrons. The Morgan fingerprint density at radius 1 is 0.532 bits per heavy atom. The number of alkyl carbamates (subject to hydrolysis) is 1. The third-order valence-electron chi connectivity index (χ3n) is 19.2. The molecule has 0 spiro atoms. The molecule has 0 fully saturated rings. The third kappa shape index (κ3) is 18.3. The van der Waals surface area contributed by atoms with Gasteiger partial charge < -0.3 is 103 Å². The number of hydrogen-bond donors (Lipinski definition) is 16.